The van der Waals surface area contributed by atoms with E-state index in [9.17, 15) is 4.79 Å². The van der Waals surface area contributed by atoms with Gasteiger partial charge in [-0.05, 0) is 24.1 Å². The average Bonchev–Trinajstić information content (AvgIpc) is 2.38. The molecular formula is C13H19NO3. The van der Waals surface area contributed by atoms with Gasteiger partial charge in [0.15, 0.2) is 0 Å². The van der Waals surface area contributed by atoms with Crippen LogP contribution in [-0.2, 0) is 6.61 Å². The van der Waals surface area contributed by atoms with Gasteiger partial charge in [-0.2, -0.15) is 0 Å². The zero-order valence-electron chi connectivity index (χ0n) is 10.1. The molecule has 1 aromatic carbocycles. The Labute approximate surface area is 101 Å². The first-order valence-electron chi connectivity index (χ1n) is 5.82. The van der Waals surface area contributed by atoms with Crippen molar-refractivity contribution in [2.24, 2.45) is 0 Å². The van der Waals surface area contributed by atoms with Gasteiger partial charge in [-0.3, -0.25) is 4.79 Å². The van der Waals surface area contributed by atoms with E-state index < -0.39 is 0 Å². The van der Waals surface area contributed by atoms with Crippen molar-refractivity contribution >= 4 is 5.91 Å². The van der Waals surface area contributed by atoms with Crippen LogP contribution in [0.2, 0.25) is 0 Å². The Morgan fingerprint density at radius 3 is 2.29 bits per heavy atom. The summed E-state index contributed by atoms with van der Waals surface area (Å²) in [6.07, 6.45) is 0.862. The number of hydrogen-bond acceptors (Lipinski definition) is 3. The van der Waals surface area contributed by atoms with Crippen LogP contribution in [0.4, 0.5) is 0 Å². The van der Waals surface area contributed by atoms with E-state index in [0.29, 0.717) is 18.7 Å². The molecule has 0 aromatic heterocycles. The first-order valence-corrected chi connectivity index (χ1v) is 5.82. The number of hydrogen-bond donors (Lipinski definition) is 2. The molecule has 4 heteroatoms. The molecule has 0 heterocycles. The quantitative estimate of drug-likeness (QED) is 0.776. The molecule has 0 spiro atoms. The minimum Gasteiger partial charge on any atom is -0.395 e. The number of benzene rings is 1. The third-order valence-electron chi connectivity index (χ3n) is 2.53. The number of amides is 1. The van der Waals surface area contributed by atoms with Gasteiger partial charge in [-0.25, -0.2) is 0 Å². The largest absolute Gasteiger partial charge is 0.395 e. The summed E-state index contributed by atoms with van der Waals surface area (Å²) in [4.78, 5) is 13.7. The van der Waals surface area contributed by atoms with E-state index in [-0.39, 0.29) is 19.1 Å². The normalized spacial score (nSPS) is 10.3. The lowest BCUT2D eigenvalue weighted by molar-refractivity contribution is 0.0722. The van der Waals surface area contributed by atoms with Gasteiger partial charge in [0.1, 0.15) is 0 Å². The van der Waals surface area contributed by atoms with Crippen molar-refractivity contribution in [2.45, 2.75) is 20.0 Å². The summed E-state index contributed by atoms with van der Waals surface area (Å²) >= 11 is 0. The molecule has 1 rings (SSSR count). The molecule has 1 amide bonds. The molecule has 17 heavy (non-hydrogen) atoms. The summed E-state index contributed by atoms with van der Waals surface area (Å²) in [5, 5.41) is 17.8. The molecule has 0 saturated carbocycles. The van der Waals surface area contributed by atoms with Crippen LogP contribution in [0, 0.1) is 0 Å². The standard InChI is InChI=1S/C13H19NO3/c1-2-7-14(8-9-15)13(17)12-5-3-11(10-16)4-6-12/h3-6,15-16H,2,7-10H2,1H3. The Kier molecular flexibility index (Phi) is 5.66. The lowest BCUT2D eigenvalue weighted by Gasteiger charge is -2.21. The molecule has 94 valence electrons. The topological polar surface area (TPSA) is 60.8 Å². The summed E-state index contributed by atoms with van der Waals surface area (Å²) in [6.45, 7) is 2.94. The third-order valence-corrected chi connectivity index (χ3v) is 2.53. The zero-order chi connectivity index (χ0) is 12.7. The maximum Gasteiger partial charge on any atom is 0.253 e. The summed E-state index contributed by atoms with van der Waals surface area (Å²) in [7, 11) is 0. The fraction of sp³-hybridized carbons (Fsp3) is 0.462. The van der Waals surface area contributed by atoms with Crippen molar-refractivity contribution in [2.75, 3.05) is 19.7 Å². The molecule has 1 aromatic rings. The Morgan fingerprint density at radius 2 is 1.82 bits per heavy atom. The van der Waals surface area contributed by atoms with Gasteiger partial charge in [0.25, 0.3) is 5.91 Å². The summed E-state index contributed by atoms with van der Waals surface area (Å²) in [5.74, 6) is -0.0783. The van der Waals surface area contributed by atoms with Crippen LogP contribution in [0.1, 0.15) is 29.3 Å². The summed E-state index contributed by atoms with van der Waals surface area (Å²) in [5.41, 5.74) is 1.37. The molecular weight excluding hydrogens is 218 g/mol. The van der Waals surface area contributed by atoms with E-state index in [2.05, 4.69) is 0 Å². The SMILES string of the molecule is CCCN(CCO)C(=O)c1ccc(CO)cc1. The highest BCUT2D eigenvalue weighted by Crippen LogP contribution is 2.08. The number of aliphatic hydroxyl groups excluding tert-OH is 2. The van der Waals surface area contributed by atoms with Crippen LogP contribution in [-0.4, -0.2) is 40.7 Å². The molecule has 0 radical (unpaired) electrons. The Hall–Kier alpha value is -1.39. The first kappa shape index (κ1) is 13.7. The van der Waals surface area contributed by atoms with Crippen LogP contribution in [0.3, 0.4) is 0 Å². The van der Waals surface area contributed by atoms with Crippen molar-refractivity contribution in [1.82, 2.24) is 4.90 Å². The molecule has 0 fully saturated rings. The van der Waals surface area contributed by atoms with E-state index in [0.717, 1.165) is 12.0 Å². The molecule has 2 N–H and O–H groups in total. The lowest BCUT2D eigenvalue weighted by Crippen LogP contribution is -2.34. The van der Waals surface area contributed by atoms with Crippen molar-refractivity contribution in [3.05, 3.63) is 35.4 Å². The van der Waals surface area contributed by atoms with Gasteiger partial charge < -0.3 is 15.1 Å². The molecule has 0 aliphatic carbocycles. The van der Waals surface area contributed by atoms with Crippen molar-refractivity contribution in [3.63, 3.8) is 0 Å². The van der Waals surface area contributed by atoms with Crippen LogP contribution < -0.4 is 0 Å². The van der Waals surface area contributed by atoms with E-state index in [1.165, 1.54) is 0 Å². The number of aliphatic hydroxyl groups is 2. The second-order valence-electron chi connectivity index (χ2n) is 3.87. The van der Waals surface area contributed by atoms with Gasteiger partial charge in [-0.1, -0.05) is 19.1 Å². The second kappa shape index (κ2) is 7.04. The van der Waals surface area contributed by atoms with Gasteiger partial charge in [0.2, 0.25) is 0 Å². The minimum atomic E-state index is -0.0783. The van der Waals surface area contributed by atoms with E-state index >= 15 is 0 Å². The van der Waals surface area contributed by atoms with Gasteiger partial charge in [0.05, 0.1) is 13.2 Å². The van der Waals surface area contributed by atoms with Gasteiger partial charge in [-0.15, -0.1) is 0 Å². The fourth-order valence-electron chi connectivity index (χ4n) is 1.64. The minimum absolute atomic E-state index is 0.0240. The smallest absolute Gasteiger partial charge is 0.253 e. The maximum absolute atomic E-state index is 12.1. The van der Waals surface area contributed by atoms with Crippen LogP contribution in [0.5, 0.6) is 0 Å². The van der Waals surface area contributed by atoms with E-state index in [4.69, 9.17) is 10.2 Å². The molecule has 0 atom stereocenters. The number of carbonyl (C=O) groups is 1. The molecule has 0 aliphatic rings. The second-order valence-corrected chi connectivity index (χ2v) is 3.87. The summed E-state index contributed by atoms with van der Waals surface area (Å²) in [6, 6.07) is 6.87. The van der Waals surface area contributed by atoms with E-state index in [1.807, 2.05) is 6.92 Å². The Bertz CT molecular complexity index is 342. The molecule has 0 aliphatic heterocycles. The first-order chi connectivity index (χ1) is 8.22. The van der Waals surface area contributed by atoms with Gasteiger partial charge >= 0.3 is 0 Å². The van der Waals surface area contributed by atoms with Crippen molar-refractivity contribution < 1.29 is 15.0 Å². The third kappa shape index (κ3) is 3.84. The van der Waals surface area contributed by atoms with Crippen molar-refractivity contribution in [1.29, 1.82) is 0 Å². The average molecular weight is 237 g/mol. The predicted octanol–water partition coefficient (Wildman–Crippen LogP) is 1.02. The molecule has 0 bridgehead atoms. The molecule has 4 nitrogen and oxygen atoms in total. The predicted molar refractivity (Wildman–Crippen MR) is 65.6 cm³/mol. The molecule has 0 saturated heterocycles. The monoisotopic (exact) mass is 237 g/mol. The Morgan fingerprint density at radius 1 is 1.18 bits per heavy atom. The van der Waals surface area contributed by atoms with Crippen LogP contribution >= 0.6 is 0 Å². The van der Waals surface area contributed by atoms with Gasteiger partial charge in [0, 0.05) is 18.7 Å². The highest BCUT2D eigenvalue weighted by Gasteiger charge is 2.13. The zero-order valence-corrected chi connectivity index (χ0v) is 10.1. The number of carbonyl (C=O) groups excluding carboxylic acids is 1. The Balaban J connectivity index is 2.77. The maximum atomic E-state index is 12.1. The fourth-order valence-corrected chi connectivity index (χ4v) is 1.64. The lowest BCUT2D eigenvalue weighted by atomic mass is 10.1. The summed E-state index contributed by atoms with van der Waals surface area (Å²) < 4.78 is 0. The molecule has 0 unspecified atom stereocenters. The van der Waals surface area contributed by atoms with Crippen LogP contribution in [0.15, 0.2) is 24.3 Å². The number of rotatable bonds is 6. The van der Waals surface area contributed by atoms with Crippen molar-refractivity contribution in [3.8, 4) is 0 Å². The number of nitrogens with zero attached hydrogens (tertiary/aromatic N) is 1. The highest BCUT2D eigenvalue weighted by atomic mass is 16.3. The highest BCUT2D eigenvalue weighted by molar-refractivity contribution is 5.94. The van der Waals surface area contributed by atoms with Crippen LogP contribution in [0.25, 0.3) is 0 Å². The van der Waals surface area contributed by atoms with E-state index in [1.54, 1.807) is 29.2 Å².